The van der Waals surface area contributed by atoms with E-state index in [0.717, 1.165) is 5.56 Å². The predicted octanol–water partition coefficient (Wildman–Crippen LogP) is 0.280. The van der Waals surface area contributed by atoms with Crippen molar-refractivity contribution in [2.24, 2.45) is 10.7 Å². The summed E-state index contributed by atoms with van der Waals surface area (Å²) in [5.41, 5.74) is 6.70. The first-order valence-corrected chi connectivity index (χ1v) is 12.9. The number of nitrogens with zero attached hydrogens (tertiary/aromatic N) is 2. The van der Waals surface area contributed by atoms with E-state index in [2.05, 4.69) is 24.5 Å². The van der Waals surface area contributed by atoms with E-state index < -0.39 is 23.9 Å². The van der Waals surface area contributed by atoms with Crippen molar-refractivity contribution in [1.82, 2.24) is 24.4 Å². The van der Waals surface area contributed by atoms with Crippen LogP contribution in [0.15, 0.2) is 35.3 Å². The van der Waals surface area contributed by atoms with Gasteiger partial charge in [0.1, 0.15) is 17.9 Å². The Morgan fingerprint density at radius 3 is 2.31 bits per heavy atom. The molecule has 12 heteroatoms. The number of hydrogen-bond acceptors (Lipinski definition) is 6. The topological polar surface area (TPSA) is 158 Å². The van der Waals surface area contributed by atoms with E-state index in [0.29, 0.717) is 44.9 Å². The largest absolute Gasteiger partial charge is 0.370 e. The molecule has 0 aliphatic carbocycles. The van der Waals surface area contributed by atoms with Crippen LogP contribution in [0.3, 0.4) is 0 Å². The number of aliphatic imine (C=N–C) groups is 1. The lowest BCUT2D eigenvalue weighted by Gasteiger charge is -2.23. The van der Waals surface area contributed by atoms with Crippen LogP contribution in [-0.4, -0.2) is 80.2 Å². The van der Waals surface area contributed by atoms with Crippen molar-refractivity contribution in [2.75, 3.05) is 33.7 Å². The highest BCUT2D eigenvalue weighted by Crippen LogP contribution is 2.06. The molecule has 200 valence electrons. The Hall–Kier alpha value is -2.74. The quantitative estimate of drug-likeness (QED) is 0.0588. The van der Waals surface area contributed by atoms with Gasteiger partial charge in [0.15, 0.2) is 5.96 Å². The molecule has 0 spiro atoms. The first-order chi connectivity index (χ1) is 17.1. The monoisotopic (exact) mass is 615 g/mol. The lowest BCUT2D eigenvalue weighted by molar-refractivity contribution is -0.132. The zero-order valence-corrected chi connectivity index (χ0v) is 23.3. The van der Waals surface area contributed by atoms with E-state index in [1.807, 2.05) is 53.2 Å². The maximum Gasteiger partial charge on any atom is 0.243 e. The molecule has 3 amide bonds. The number of guanidine groups is 1. The number of amides is 3. The number of ketones is 1. The fourth-order valence-corrected chi connectivity index (χ4v) is 3.41. The van der Waals surface area contributed by atoms with Crippen LogP contribution in [0.2, 0.25) is 0 Å². The highest BCUT2D eigenvalue weighted by molar-refractivity contribution is 14.1. The summed E-state index contributed by atoms with van der Waals surface area (Å²) in [4.78, 5) is 55.7. The molecule has 36 heavy (non-hydrogen) atoms. The summed E-state index contributed by atoms with van der Waals surface area (Å²) in [6.07, 6.45) is 1.15. The standard InChI is InChI=1S/C24H38IN7O4/c1-17(33)11-12-21(34)30-19(10-7-13-28-24(26)32(2)3)23(36)31-20(22(35)27-14-15-29-25)16-18-8-5-4-6-9-18/h4-6,8-9,19-20,29H,7,10-16H2,1-3H3,(H2,26,28)(H,27,35)(H,30,34)(H,31,36)/t19-,20?/m0/s1. The van der Waals surface area contributed by atoms with Crippen molar-refractivity contribution in [2.45, 2.75) is 51.1 Å². The van der Waals surface area contributed by atoms with E-state index in [4.69, 9.17) is 5.73 Å². The second-order valence-corrected chi connectivity index (χ2v) is 9.29. The fraction of sp³-hybridized carbons (Fsp3) is 0.542. The molecule has 1 aromatic carbocycles. The normalized spacial score (nSPS) is 12.8. The Balaban J connectivity index is 2.95. The van der Waals surface area contributed by atoms with Crippen molar-refractivity contribution in [3.63, 3.8) is 0 Å². The van der Waals surface area contributed by atoms with Crippen LogP contribution in [0.25, 0.3) is 0 Å². The molecule has 0 aliphatic heterocycles. The van der Waals surface area contributed by atoms with Crippen LogP contribution in [0.4, 0.5) is 0 Å². The molecule has 11 nitrogen and oxygen atoms in total. The van der Waals surface area contributed by atoms with Gasteiger partial charge in [-0.2, -0.15) is 0 Å². The smallest absolute Gasteiger partial charge is 0.243 e. The number of halogens is 1. The van der Waals surface area contributed by atoms with Gasteiger partial charge < -0.3 is 31.4 Å². The summed E-state index contributed by atoms with van der Waals surface area (Å²) in [5, 5.41) is 8.33. The molecule has 1 aromatic rings. The summed E-state index contributed by atoms with van der Waals surface area (Å²) in [7, 11) is 3.55. The summed E-state index contributed by atoms with van der Waals surface area (Å²) >= 11 is 1.99. The third-order valence-electron chi connectivity index (χ3n) is 5.17. The molecule has 0 fully saturated rings. The molecule has 0 bridgehead atoms. The number of benzene rings is 1. The number of nitrogens with one attached hydrogen (secondary N) is 4. The molecule has 0 aromatic heterocycles. The van der Waals surface area contributed by atoms with Gasteiger partial charge in [-0.3, -0.25) is 22.9 Å². The van der Waals surface area contributed by atoms with Crippen LogP contribution < -0.4 is 25.2 Å². The molecule has 1 rings (SSSR count). The maximum absolute atomic E-state index is 13.2. The Morgan fingerprint density at radius 1 is 1.00 bits per heavy atom. The number of rotatable bonds is 16. The minimum atomic E-state index is -0.887. The molecule has 0 heterocycles. The first-order valence-electron chi connectivity index (χ1n) is 11.9. The zero-order chi connectivity index (χ0) is 26.9. The number of carbonyl (C=O) groups excluding carboxylic acids is 4. The summed E-state index contributed by atoms with van der Waals surface area (Å²) in [6.45, 7) is 2.75. The molecule has 0 radical (unpaired) electrons. The molecule has 2 atom stereocenters. The molecule has 1 unspecified atom stereocenters. The van der Waals surface area contributed by atoms with Gasteiger partial charge in [-0.25, -0.2) is 0 Å². The van der Waals surface area contributed by atoms with Crippen LogP contribution >= 0.6 is 22.9 Å². The number of nitrogens with two attached hydrogens (primary N) is 1. The summed E-state index contributed by atoms with van der Waals surface area (Å²) < 4.78 is 2.93. The third kappa shape index (κ3) is 13.4. The Labute approximate surface area is 226 Å². The van der Waals surface area contributed by atoms with Gasteiger partial charge in [-0.1, -0.05) is 30.3 Å². The molecular formula is C24H38IN7O4. The second-order valence-electron chi connectivity index (χ2n) is 8.52. The third-order valence-corrected chi connectivity index (χ3v) is 5.71. The van der Waals surface area contributed by atoms with Crippen molar-refractivity contribution >= 4 is 52.3 Å². The minimum Gasteiger partial charge on any atom is -0.370 e. The molecular weight excluding hydrogens is 577 g/mol. The average molecular weight is 616 g/mol. The van der Waals surface area contributed by atoms with Gasteiger partial charge in [0.2, 0.25) is 17.7 Å². The maximum atomic E-state index is 13.2. The van der Waals surface area contributed by atoms with E-state index in [1.165, 1.54) is 6.92 Å². The molecule has 6 N–H and O–H groups in total. The first kappa shape index (κ1) is 31.3. The van der Waals surface area contributed by atoms with Crippen molar-refractivity contribution in [1.29, 1.82) is 0 Å². The number of Topliss-reactive ketones (excluding diaryl/α,β-unsaturated/α-hetero) is 1. The molecule has 0 saturated heterocycles. The van der Waals surface area contributed by atoms with Crippen LogP contribution in [0.1, 0.15) is 38.2 Å². The van der Waals surface area contributed by atoms with Crippen LogP contribution in [-0.2, 0) is 25.6 Å². The van der Waals surface area contributed by atoms with Gasteiger partial charge in [-0.05, 0) is 25.3 Å². The summed E-state index contributed by atoms with van der Waals surface area (Å²) in [6, 6.07) is 7.66. The zero-order valence-electron chi connectivity index (χ0n) is 21.2. The van der Waals surface area contributed by atoms with Gasteiger partial charge in [0, 0.05) is 75.9 Å². The van der Waals surface area contributed by atoms with Gasteiger partial charge in [-0.15, -0.1) is 0 Å². The summed E-state index contributed by atoms with van der Waals surface area (Å²) in [5.74, 6) is -0.941. The average Bonchev–Trinajstić information content (AvgIpc) is 2.84. The fourth-order valence-electron chi connectivity index (χ4n) is 3.14. The number of carbonyl (C=O) groups is 4. The second kappa shape index (κ2) is 17.7. The van der Waals surface area contributed by atoms with E-state index in [-0.39, 0.29) is 24.5 Å². The molecule has 0 saturated carbocycles. The Bertz CT molecular complexity index is 880. The van der Waals surface area contributed by atoms with E-state index in [9.17, 15) is 19.2 Å². The van der Waals surface area contributed by atoms with Crippen LogP contribution in [0, 0.1) is 0 Å². The predicted molar refractivity (Wildman–Crippen MR) is 148 cm³/mol. The van der Waals surface area contributed by atoms with E-state index >= 15 is 0 Å². The highest BCUT2D eigenvalue weighted by Gasteiger charge is 2.26. The number of hydrogen-bond donors (Lipinski definition) is 5. The highest BCUT2D eigenvalue weighted by atomic mass is 127. The van der Waals surface area contributed by atoms with Gasteiger partial charge >= 0.3 is 0 Å². The minimum absolute atomic E-state index is 0.0118. The van der Waals surface area contributed by atoms with Gasteiger partial charge in [0.05, 0.1) is 0 Å². The lowest BCUT2D eigenvalue weighted by Crippen LogP contribution is -2.54. The lowest BCUT2D eigenvalue weighted by atomic mass is 10.0. The van der Waals surface area contributed by atoms with Crippen molar-refractivity contribution in [3.05, 3.63) is 35.9 Å². The Morgan fingerprint density at radius 2 is 1.69 bits per heavy atom. The molecule has 0 aliphatic rings. The van der Waals surface area contributed by atoms with Crippen LogP contribution in [0.5, 0.6) is 0 Å². The Kier molecular flexibility index (Phi) is 15.3. The SMILES string of the molecule is CC(=O)CCC(=O)N[C@@H](CCCN=C(N)N(C)C)C(=O)NC(Cc1ccccc1)C(=O)NCCNI. The van der Waals surface area contributed by atoms with Gasteiger partial charge in [0.25, 0.3) is 0 Å². The van der Waals surface area contributed by atoms with Crippen molar-refractivity contribution in [3.8, 4) is 0 Å². The van der Waals surface area contributed by atoms with E-state index in [1.54, 1.807) is 19.0 Å². The van der Waals surface area contributed by atoms with Crippen molar-refractivity contribution < 1.29 is 19.2 Å².